The Kier molecular flexibility index (Phi) is 1.81. The summed E-state index contributed by atoms with van der Waals surface area (Å²) in [5.41, 5.74) is 3.99. The Labute approximate surface area is 87.4 Å². The Balaban J connectivity index is 2.10. The van der Waals surface area contributed by atoms with Crippen LogP contribution in [-0.4, -0.2) is 0 Å². The zero-order valence-electron chi connectivity index (χ0n) is 7.79. The Morgan fingerprint density at radius 1 is 1.00 bits per heavy atom. The highest BCUT2D eigenvalue weighted by Crippen LogP contribution is 2.32. The minimum absolute atomic E-state index is 1.15. The molecule has 0 radical (unpaired) electrons. The van der Waals surface area contributed by atoms with Crippen molar-refractivity contribution >= 4 is 22.7 Å². The van der Waals surface area contributed by atoms with Crippen molar-refractivity contribution in [2.45, 2.75) is 12.8 Å². The molecule has 0 fully saturated rings. The molecule has 2 heterocycles. The fourth-order valence-corrected chi connectivity index (χ4v) is 2.73. The third-order valence-electron chi connectivity index (χ3n) is 2.65. The lowest BCUT2D eigenvalue weighted by Gasteiger charge is -2.06. The van der Waals surface area contributed by atoms with Gasteiger partial charge < -0.3 is 5.32 Å². The molecule has 3 rings (SSSR count). The van der Waals surface area contributed by atoms with Gasteiger partial charge in [-0.3, -0.25) is 0 Å². The minimum Gasteiger partial charge on any atom is -0.354 e. The van der Waals surface area contributed by atoms with Gasteiger partial charge in [0.1, 0.15) is 0 Å². The van der Waals surface area contributed by atoms with Gasteiger partial charge in [0.05, 0.1) is 5.69 Å². The van der Waals surface area contributed by atoms with Crippen LogP contribution in [0.5, 0.6) is 0 Å². The maximum Gasteiger partial charge on any atom is 0.0525 e. The lowest BCUT2D eigenvalue weighted by molar-refractivity contribution is 0.997. The number of hydrogen-bond acceptors (Lipinski definition) is 2. The zero-order chi connectivity index (χ0) is 9.38. The van der Waals surface area contributed by atoms with Crippen LogP contribution in [0.25, 0.3) is 0 Å². The van der Waals surface area contributed by atoms with Crippen LogP contribution in [0.3, 0.4) is 0 Å². The monoisotopic (exact) mass is 201 g/mol. The predicted octanol–water partition coefficient (Wildman–Crippen LogP) is 3.59. The van der Waals surface area contributed by atoms with Crippen molar-refractivity contribution in [1.82, 2.24) is 0 Å². The van der Waals surface area contributed by atoms with E-state index in [9.17, 15) is 0 Å². The van der Waals surface area contributed by atoms with E-state index in [-0.39, 0.29) is 0 Å². The van der Waals surface area contributed by atoms with E-state index in [1.807, 2.05) is 11.3 Å². The first-order chi connectivity index (χ1) is 6.93. The maximum absolute atomic E-state index is 3.49. The highest BCUT2D eigenvalue weighted by atomic mass is 32.1. The molecule has 1 aromatic heterocycles. The summed E-state index contributed by atoms with van der Waals surface area (Å²) in [5.74, 6) is 0. The third kappa shape index (κ3) is 1.23. The van der Waals surface area contributed by atoms with Crippen LogP contribution in [0.2, 0.25) is 0 Å². The Bertz CT molecular complexity index is 459. The Morgan fingerprint density at radius 2 is 1.93 bits per heavy atom. The quantitative estimate of drug-likeness (QED) is 0.686. The molecular weight excluding hydrogens is 190 g/mol. The lowest BCUT2D eigenvalue weighted by Crippen LogP contribution is -1.90. The molecule has 0 spiro atoms. The molecule has 1 nitrogen and oxygen atoms in total. The van der Waals surface area contributed by atoms with Gasteiger partial charge in [0, 0.05) is 10.6 Å². The van der Waals surface area contributed by atoms with Crippen molar-refractivity contribution in [2.75, 3.05) is 5.32 Å². The number of aryl methyl sites for hydroxylation is 2. The summed E-state index contributed by atoms with van der Waals surface area (Å²) < 4.78 is 0. The van der Waals surface area contributed by atoms with Crippen LogP contribution in [0.4, 0.5) is 11.4 Å². The van der Waals surface area contributed by atoms with E-state index in [1.54, 1.807) is 0 Å². The molecule has 0 unspecified atom stereocenters. The number of fused-ring (bicyclic) bond motifs is 2. The van der Waals surface area contributed by atoms with E-state index in [4.69, 9.17) is 0 Å². The molecule has 2 heteroatoms. The maximum atomic E-state index is 3.49. The fourth-order valence-electron chi connectivity index (χ4n) is 1.90. The van der Waals surface area contributed by atoms with Gasteiger partial charge in [-0.2, -0.15) is 0 Å². The smallest absolute Gasteiger partial charge is 0.0525 e. The van der Waals surface area contributed by atoms with E-state index in [2.05, 4.69) is 41.0 Å². The second kappa shape index (κ2) is 3.14. The van der Waals surface area contributed by atoms with Crippen molar-refractivity contribution in [3.05, 3.63) is 46.2 Å². The second-order valence-corrected chi connectivity index (χ2v) is 4.54. The largest absolute Gasteiger partial charge is 0.354 e. The highest BCUT2D eigenvalue weighted by Gasteiger charge is 2.12. The first-order valence-corrected chi connectivity index (χ1v) is 5.73. The molecule has 0 aliphatic carbocycles. The summed E-state index contributed by atoms with van der Waals surface area (Å²) in [7, 11) is 0. The van der Waals surface area contributed by atoms with Crippen LogP contribution >= 0.6 is 11.3 Å². The highest BCUT2D eigenvalue weighted by molar-refractivity contribution is 7.10. The number of para-hydroxylation sites is 1. The number of benzene rings is 1. The number of anilines is 2. The van der Waals surface area contributed by atoms with Crippen LogP contribution < -0.4 is 5.32 Å². The summed E-state index contributed by atoms with van der Waals surface area (Å²) in [6.07, 6.45) is 2.31. The summed E-state index contributed by atoms with van der Waals surface area (Å²) >= 11 is 1.85. The molecule has 0 amide bonds. The molecular formula is C12H11NS. The van der Waals surface area contributed by atoms with E-state index in [0.29, 0.717) is 0 Å². The molecule has 0 saturated heterocycles. The molecule has 0 atom stereocenters. The van der Waals surface area contributed by atoms with Crippen molar-refractivity contribution < 1.29 is 0 Å². The van der Waals surface area contributed by atoms with Gasteiger partial charge in [-0.15, -0.1) is 11.3 Å². The molecule has 2 aromatic rings. The second-order valence-electron chi connectivity index (χ2n) is 3.54. The van der Waals surface area contributed by atoms with E-state index in [0.717, 1.165) is 12.8 Å². The average Bonchev–Trinajstić information content (AvgIpc) is 2.58. The number of hydrogen-bond donors (Lipinski definition) is 1. The first-order valence-electron chi connectivity index (χ1n) is 4.85. The molecule has 1 aromatic carbocycles. The van der Waals surface area contributed by atoms with E-state index in [1.165, 1.54) is 21.8 Å². The van der Waals surface area contributed by atoms with Crippen LogP contribution in [-0.2, 0) is 12.8 Å². The Hall–Kier alpha value is -1.28. The van der Waals surface area contributed by atoms with Crippen LogP contribution in [0.15, 0.2) is 35.7 Å². The van der Waals surface area contributed by atoms with Crippen LogP contribution in [0.1, 0.15) is 10.4 Å². The summed E-state index contributed by atoms with van der Waals surface area (Å²) in [5, 5.41) is 5.65. The number of thiophene rings is 1. The molecule has 1 N–H and O–H groups in total. The van der Waals surface area contributed by atoms with Gasteiger partial charge in [-0.05, 0) is 35.9 Å². The van der Waals surface area contributed by atoms with Crippen molar-refractivity contribution in [3.8, 4) is 0 Å². The zero-order valence-corrected chi connectivity index (χ0v) is 8.60. The molecule has 0 saturated carbocycles. The normalized spacial score (nSPS) is 13.7. The lowest BCUT2D eigenvalue weighted by atomic mass is 10.1. The van der Waals surface area contributed by atoms with Crippen molar-refractivity contribution in [1.29, 1.82) is 0 Å². The minimum atomic E-state index is 1.15. The number of rotatable bonds is 0. The fraction of sp³-hybridized carbons (Fsp3) is 0.167. The van der Waals surface area contributed by atoms with Gasteiger partial charge in [-0.1, -0.05) is 18.2 Å². The van der Waals surface area contributed by atoms with E-state index >= 15 is 0 Å². The van der Waals surface area contributed by atoms with Crippen molar-refractivity contribution in [2.24, 2.45) is 0 Å². The molecule has 1 aliphatic heterocycles. The molecule has 70 valence electrons. The van der Waals surface area contributed by atoms with Gasteiger partial charge in [0.15, 0.2) is 0 Å². The predicted molar refractivity (Wildman–Crippen MR) is 61.5 cm³/mol. The van der Waals surface area contributed by atoms with E-state index < -0.39 is 0 Å². The Morgan fingerprint density at radius 3 is 2.93 bits per heavy atom. The molecule has 0 bridgehead atoms. The molecule has 1 aliphatic rings. The van der Waals surface area contributed by atoms with Crippen LogP contribution in [0, 0.1) is 0 Å². The van der Waals surface area contributed by atoms with Gasteiger partial charge in [-0.25, -0.2) is 0 Å². The topological polar surface area (TPSA) is 12.0 Å². The van der Waals surface area contributed by atoms with Crippen molar-refractivity contribution in [3.63, 3.8) is 0 Å². The average molecular weight is 201 g/mol. The first kappa shape index (κ1) is 8.06. The third-order valence-corrected chi connectivity index (χ3v) is 3.63. The molecule has 14 heavy (non-hydrogen) atoms. The van der Waals surface area contributed by atoms with Gasteiger partial charge in [0.25, 0.3) is 0 Å². The summed E-state index contributed by atoms with van der Waals surface area (Å²) in [4.78, 5) is 1.47. The van der Waals surface area contributed by atoms with Gasteiger partial charge in [0.2, 0.25) is 0 Å². The SMILES string of the molecule is c1ccc2c(c1)CCc1sccc1N2. The summed E-state index contributed by atoms with van der Waals surface area (Å²) in [6, 6.07) is 10.7. The standard InChI is InChI=1S/C12H11NS/c1-2-4-10-9(3-1)5-6-12-11(13-10)7-8-14-12/h1-4,7-8,13H,5-6H2. The van der Waals surface area contributed by atoms with Gasteiger partial charge >= 0.3 is 0 Å². The number of nitrogens with one attached hydrogen (secondary N) is 1. The summed E-state index contributed by atoms with van der Waals surface area (Å²) in [6.45, 7) is 0.